The smallest absolute Gasteiger partial charge is 0.227 e. The van der Waals surface area contributed by atoms with Gasteiger partial charge in [-0.2, -0.15) is 0 Å². The maximum atomic E-state index is 12.8. The van der Waals surface area contributed by atoms with Crippen molar-refractivity contribution in [1.29, 1.82) is 0 Å². The van der Waals surface area contributed by atoms with Gasteiger partial charge in [-0.1, -0.05) is 37.3 Å². The van der Waals surface area contributed by atoms with E-state index in [0.717, 1.165) is 61.6 Å². The molecule has 2 aromatic carbocycles. The summed E-state index contributed by atoms with van der Waals surface area (Å²) in [6.45, 7) is 6.05. The predicted molar refractivity (Wildman–Crippen MR) is 137 cm³/mol. The average molecular weight is 480 g/mol. The third-order valence-corrected chi connectivity index (χ3v) is 7.05. The van der Waals surface area contributed by atoms with E-state index in [-0.39, 0.29) is 24.2 Å². The molecule has 188 valence electrons. The van der Waals surface area contributed by atoms with Gasteiger partial charge >= 0.3 is 0 Å². The number of nitrogens with zero attached hydrogens (tertiary/aromatic N) is 2. The van der Waals surface area contributed by atoms with Crippen molar-refractivity contribution in [3.8, 4) is 5.75 Å². The summed E-state index contributed by atoms with van der Waals surface area (Å²) in [6, 6.07) is 16.3. The Morgan fingerprint density at radius 1 is 1.17 bits per heavy atom. The Kier molecular flexibility index (Phi) is 8.77. The van der Waals surface area contributed by atoms with E-state index in [1.165, 1.54) is 0 Å². The van der Waals surface area contributed by atoms with Crippen LogP contribution in [0.1, 0.15) is 37.3 Å². The summed E-state index contributed by atoms with van der Waals surface area (Å²) in [5.41, 5.74) is 3.02. The first kappa shape index (κ1) is 25.2. The number of nitrogens with one attached hydrogen (secondary N) is 1. The molecule has 4 rings (SSSR count). The summed E-state index contributed by atoms with van der Waals surface area (Å²) in [4.78, 5) is 29.6. The van der Waals surface area contributed by atoms with Crippen LogP contribution in [0.4, 0.5) is 5.69 Å². The van der Waals surface area contributed by atoms with Crippen LogP contribution >= 0.6 is 0 Å². The lowest BCUT2D eigenvalue weighted by Gasteiger charge is -2.31. The van der Waals surface area contributed by atoms with Gasteiger partial charge in [0, 0.05) is 51.0 Å². The molecule has 2 amide bonds. The van der Waals surface area contributed by atoms with Crippen molar-refractivity contribution < 1.29 is 19.1 Å². The topological polar surface area (TPSA) is 71.1 Å². The lowest BCUT2D eigenvalue weighted by Crippen LogP contribution is -2.38. The van der Waals surface area contributed by atoms with Gasteiger partial charge in [-0.25, -0.2) is 0 Å². The molecule has 7 heteroatoms. The highest BCUT2D eigenvalue weighted by Crippen LogP contribution is 2.28. The Labute approximate surface area is 208 Å². The zero-order valence-electron chi connectivity index (χ0n) is 20.9. The summed E-state index contributed by atoms with van der Waals surface area (Å²) in [6.07, 6.45) is 3.23. The van der Waals surface area contributed by atoms with E-state index in [1.807, 2.05) is 48.5 Å². The molecule has 1 atom stereocenters. The minimum Gasteiger partial charge on any atom is -0.492 e. The van der Waals surface area contributed by atoms with Gasteiger partial charge in [0.25, 0.3) is 0 Å². The van der Waals surface area contributed by atoms with Crippen molar-refractivity contribution in [3.05, 3.63) is 59.7 Å². The molecule has 0 aromatic heterocycles. The number of likely N-dealkylation sites (N-methyl/N-ethyl adjacent to an activating group) is 1. The van der Waals surface area contributed by atoms with Gasteiger partial charge in [0.1, 0.15) is 12.4 Å². The number of anilines is 1. The van der Waals surface area contributed by atoms with Crippen molar-refractivity contribution in [3.63, 3.8) is 0 Å². The second kappa shape index (κ2) is 12.2. The Morgan fingerprint density at radius 3 is 2.77 bits per heavy atom. The summed E-state index contributed by atoms with van der Waals surface area (Å²) in [5, 5.41) is 3.01. The van der Waals surface area contributed by atoms with Crippen LogP contribution in [0.15, 0.2) is 48.5 Å². The van der Waals surface area contributed by atoms with Gasteiger partial charge in [0.15, 0.2) is 0 Å². The minimum atomic E-state index is -0.340. The number of para-hydroxylation sites is 1. The molecule has 2 aliphatic rings. The normalized spacial score (nSPS) is 18.8. The van der Waals surface area contributed by atoms with Gasteiger partial charge in [0.05, 0.1) is 5.92 Å². The molecule has 0 spiro atoms. The van der Waals surface area contributed by atoms with Crippen LogP contribution in [0.5, 0.6) is 5.75 Å². The molecule has 35 heavy (non-hydrogen) atoms. The van der Waals surface area contributed by atoms with Gasteiger partial charge in [-0.15, -0.1) is 0 Å². The van der Waals surface area contributed by atoms with Crippen LogP contribution in [0.3, 0.4) is 0 Å². The number of hydrogen-bond donors (Lipinski definition) is 1. The molecule has 1 unspecified atom stereocenters. The molecule has 1 N–H and O–H groups in total. The van der Waals surface area contributed by atoms with Crippen LogP contribution in [0.25, 0.3) is 0 Å². The fraction of sp³-hybridized carbons (Fsp3) is 0.500. The number of carbonyl (C=O) groups excluding carboxylic acids is 2. The number of rotatable bonds is 10. The van der Waals surface area contributed by atoms with E-state index in [4.69, 9.17) is 9.47 Å². The van der Waals surface area contributed by atoms with Crippen LogP contribution in [0.2, 0.25) is 0 Å². The van der Waals surface area contributed by atoms with Crippen LogP contribution in [-0.4, -0.2) is 62.7 Å². The van der Waals surface area contributed by atoms with Crippen LogP contribution in [-0.2, 0) is 27.3 Å². The largest absolute Gasteiger partial charge is 0.492 e. The number of aryl methyl sites for hydroxylation is 1. The number of benzene rings is 2. The third kappa shape index (κ3) is 6.61. The Balaban J connectivity index is 1.24. The van der Waals surface area contributed by atoms with E-state index in [0.29, 0.717) is 25.7 Å². The summed E-state index contributed by atoms with van der Waals surface area (Å²) in [7, 11) is 2.14. The Hall–Kier alpha value is -2.90. The van der Waals surface area contributed by atoms with E-state index in [1.54, 1.807) is 4.90 Å². The quantitative estimate of drug-likeness (QED) is 0.566. The number of carbonyl (C=O) groups is 2. The SMILES string of the molecule is CCc1ccccc1N1CC(C(=O)NCc2cccc(OCCN(C)C3CCOCC3)c2)CC1=O. The number of ether oxygens (including phenoxy) is 2. The molecule has 0 radical (unpaired) electrons. The maximum absolute atomic E-state index is 12.8. The van der Waals surface area contributed by atoms with E-state index in [9.17, 15) is 9.59 Å². The second-order valence-electron chi connectivity index (χ2n) is 9.43. The molecule has 2 aliphatic heterocycles. The lowest BCUT2D eigenvalue weighted by molar-refractivity contribution is -0.126. The van der Waals surface area contributed by atoms with Crippen molar-refractivity contribution in [2.45, 2.75) is 45.2 Å². The van der Waals surface area contributed by atoms with Crippen LogP contribution < -0.4 is 15.0 Å². The molecule has 7 nitrogen and oxygen atoms in total. The highest BCUT2D eigenvalue weighted by Gasteiger charge is 2.35. The first-order valence-electron chi connectivity index (χ1n) is 12.7. The zero-order chi connectivity index (χ0) is 24.6. The molecule has 0 saturated carbocycles. The van der Waals surface area contributed by atoms with Crippen molar-refractivity contribution in [2.75, 3.05) is 44.9 Å². The monoisotopic (exact) mass is 479 g/mol. The zero-order valence-corrected chi connectivity index (χ0v) is 20.9. The standard InChI is InChI=1S/C28H37N3O4/c1-3-22-8-4-5-10-26(22)31-20-23(18-27(31)32)28(33)29-19-21-7-6-9-25(17-21)35-16-13-30(2)24-11-14-34-15-12-24/h4-10,17,23-24H,3,11-16,18-20H2,1-2H3,(H,29,33). The molecular formula is C28H37N3O4. The third-order valence-electron chi connectivity index (χ3n) is 7.05. The summed E-state index contributed by atoms with van der Waals surface area (Å²) in [5.74, 6) is 0.384. The second-order valence-corrected chi connectivity index (χ2v) is 9.43. The lowest BCUT2D eigenvalue weighted by atomic mass is 10.1. The number of amides is 2. The van der Waals surface area contributed by atoms with Crippen molar-refractivity contribution in [1.82, 2.24) is 10.2 Å². The number of hydrogen-bond acceptors (Lipinski definition) is 5. The van der Waals surface area contributed by atoms with E-state index >= 15 is 0 Å². The van der Waals surface area contributed by atoms with Gasteiger partial charge in [-0.3, -0.25) is 14.5 Å². The molecule has 2 saturated heterocycles. The predicted octanol–water partition coefficient (Wildman–Crippen LogP) is 3.41. The highest BCUT2D eigenvalue weighted by molar-refractivity contribution is 6.00. The molecule has 2 fully saturated rings. The fourth-order valence-electron chi connectivity index (χ4n) is 4.88. The van der Waals surface area contributed by atoms with Gasteiger partial charge in [0.2, 0.25) is 11.8 Å². The maximum Gasteiger partial charge on any atom is 0.227 e. The first-order chi connectivity index (χ1) is 17.0. The Bertz CT molecular complexity index is 1010. The molecule has 2 heterocycles. The minimum absolute atomic E-state index is 0.00664. The summed E-state index contributed by atoms with van der Waals surface area (Å²) >= 11 is 0. The molecular weight excluding hydrogens is 442 g/mol. The van der Waals surface area contributed by atoms with Crippen molar-refractivity contribution in [2.24, 2.45) is 5.92 Å². The van der Waals surface area contributed by atoms with Crippen LogP contribution in [0, 0.1) is 5.92 Å². The molecule has 0 aliphatic carbocycles. The highest BCUT2D eigenvalue weighted by atomic mass is 16.5. The first-order valence-corrected chi connectivity index (χ1v) is 12.7. The molecule has 0 bridgehead atoms. The Morgan fingerprint density at radius 2 is 1.97 bits per heavy atom. The molecule has 2 aromatic rings. The van der Waals surface area contributed by atoms with Gasteiger partial charge < -0.3 is 19.7 Å². The van der Waals surface area contributed by atoms with E-state index in [2.05, 4.69) is 24.2 Å². The summed E-state index contributed by atoms with van der Waals surface area (Å²) < 4.78 is 11.4. The fourth-order valence-corrected chi connectivity index (χ4v) is 4.88. The van der Waals surface area contributed by atoms with E-state index < -0.39 is 0 Å². The average Bonchev–Trinajstić information content (AvgIpc) is 3.29. The van der Waals surface area contributed by atoms with Crippen molar-refractivity contribution >= 4 is 17.5 Å². The van der Waals surface area contributed by atoms with Gasteiger partial charge in [-0.05, 0) is 55.6 Å².